The Labute approximate surface area is 204 Å². The summed E-state index contributed by atoms with van der Waals surface area (Å²) in [5.41, 5.74) is 2.16. The third-order valence-electron chi connectivity index (χ3n) is 5.37. The molecule has 3 aromatic carbocycles. The Bertz CT molecular complexity index is 1340. The lowest BCUT2D eigenvalue weighted by atomic mass is 10.0. The fraction of sp³-hybridized carbons (Fsp3) is 0.200. The molecule has 6 nitrogen and oxygen atoms in total. The first-order chi connectivity index (χ1) is 16.7. The van der Waals surface area contributed by atoms with Gasteiger partial charge < -0.3 is 14.8 Å². The Balaban J connectivity index is 1.65. The second-order valence-electron chi connectivity index (χ2n) is 7.83. The Kier molecular flexibility index (Phi) is 6.88. The van der Waals surface area contributed by atoms with Gasteiger partial charge in [-0.05, 0) is 67.1 Å². The van der Waals surface area contributed by atoms with Gasteiger partial charge in [-0.25, -0.2) is 4.68 Å². The van der Waals surface area contributed by atoms with Gasteiger partial charge in [-0.2, -0.15) is 18.3 Å². The monoisotopic (exact) mass is 503 g/mol. The van der Waals surface area contributed by atoms with Crippen LogP contribution in [0.15, 0.2) is 72.9 Å². The highest BCUT2D eigenvalue weighted by atomic mass is 35.5. The molecule has 1 aromatic heterocycles. The zero-order valence-corrected chi connectivity index (χ0v) is 19.5. The molecule has 0 saturated heterocycles. The number of nitrogens with zero attached hydrogens (tertiary/aromatic N) is 2. The largest absolute Gasteiger partial charge is 0.497 e. The fourth-order valence-electron chi connectivity index (χ4n) is 3.66. The number of benzene rings is 3. The minimum atomic E-state index is -5.01. The highest BCUT2D eigenvalue weighted by molar-refractivity contribution is 6.30. The van der Waals surface area contributed by atoms with Gasteiger partial charge in [-0.3, -0.25) is 4.79 Å². The van der Waals surface area contributed by atoms with Crippen molar-refractivity contribution in [2.45, 2.75) is 25.2 Å². The van der Waals surface area contributed by atoms with Gasteiger partial charge in [-0.1, -0.05) is 23.7 Å². The number of carbonyl (C=O) groups is 1. The summed E-state index contributed by atoms with van der Waals surface area (Å²) in [5, 5.41) is 7.77. The van der Waals surface area contributed by atoms with E-state index in [9.17, 15) is 18.0 Å². The maximum Gasteiger partial charge on any atom is 0.471 e. The summed E-state index contributed by atoms with van der Waals surface area (Å²) in [6.45, 7) is 1.45. The molecule has 1 heterocycles. The van der Waals surface area contributed by atoms with Crippen LogP contribution in [0.1, 0.15) is 18.6 Å². The number of ether oxygens (including phenoxy) is 2. The van der Waals surface area contributed by atoms with Crippen LogP contribution in [0.4, 0.5) is 13.2 Å². The molecule has 0 aliphatic heterocycles. The molecule has 1 N–H and O–H groups in total. The number of hydrogen-bond acceptors (Lipinski definition) is 4. The highest BCUT2D eigenvalue weighted by Gasteiger charge is 2.40. The van der Waals surface area contributed by atoms with E-state index in [0.717, 1.165) is 16.6 Å². The molecule has 2 atom stereocenters. The first-order valence-electron chi connectivity index (χ1n) is 10.6. The van der Waals surface area contributed by atoms with Gasteiger partial charge in [0.25, 0.3) is 0 Å². The number of nitrogens with one attached hydrogen (secondary N) is 1. The maximum atomic E-state index is 12.9. The molecule has 0 aliphatic rings. The highest BCUT2D eigenvalue weighted by Crippen LogP contribution is 2.31. The van der Waals surface area contributed by atoms with Gasteiger partial charge in [0.15, 0.2) is 0 Å². The molecule has 0 fully saturated rings. The molecule has 35 heavy (non-hydrogen) atoms. The number of rotatable bonds is 7. The van der Waals surface area contributed by atoms with Gasteiger partial charge in [0.2, 0.25) is 0 Å². The molecule has 4 rings (SSSR count). The van der Waals surface area contributed by atoms with Crippen LogP contribution in [0.2, 0.25) is 5.02 Å². The average Bonchev–Trinajstić information content (AvgIpc) is 3.25. The Hall–Kier alpha value is -3.72. The summed E-state index contributed by atoms with van der Waals surface area (Å²) in [6, 6.07) is 18.2. The van der Waals surface area contributed by atoms with E-state index in [4.69, 9.17) is 21.1 Å². The topological polar surface area (TPSA) is 65.4 Å². The molecular weight excluding hydrogens is 483 g/mol. The second-order valence-corrected chi connectivity index (χ2v) is 8.26. The SMILES string of the molecule is COc1cccc([C@@H](Oc2ccc3c(cnn3-c3ccc(Cl)cc3)c2)[C@H](C)NC(=O)C(F)(F)F)c1. The molecule has 0 radical (unpaired) electrons. The van der Waals surface area contributed by atoms with E-state index in [1.807, 2.05) is 17.4 Å². The predicted molar refractivity (Wildman–Crippen MR) is 126 cm³/mol. The van der Waals surface area contributed by atoms with Crippen molar-refractivity contribution in [2.75, 3.05) is 7.11 Å². The van der Waals surface area contributed by atoms with Crippen LogP contribution in [-0.2, 0) is 4.79 Å². The van der Waals surface area contributed by atoms with E-state index >= 15 is 0 Å². The Morgan fingerprint density at radius 1 is 1.06 bits per heavy atom. The number of halogens is 4. The summed E-state index contributed by atoms with van der Waals surface area (Å²) < 4.78 is 51.7. The van der Waals surface area contributed by atoms with Crippen molar-refractivity contribution in [3.8, 4) is 17.2 Å². The van der Waals surface area contributed by atoms with Crippen LogP contribution in [0.5, 0.6) is 11.5 Å². The van der Waals surface area contributed by atoms with Crippen LogP contribution in [0, 0.1) is 0 Å². The van der Waals surface area contributed by atoms with Crippen LogP contribution < -0.4 is 14.8 Å². The summed E-state index contributed by atoms with van der Waals surface area (Å²) in [7, 11) is 1.48. The van der Waals surface area contributed by atoms with Crippen LogP contribution in [0.25, 0.3) is 16.6 Å². The number of fused-ring (bicyclic) bond motifs is 1. The minimum absolute atomic E-state index is 0.397. The van der Waals surface area contributed by atoms with Crippen molar-refractivity contribution in [1.82, 2.24) is 15.1 Å². The number of hydrogen-bond donors (Lipinski definition) is 1. The molecule has 0 bridgehead atoms. The average molecular weight is 504 g/mol. The first-order valence-corrected chi connectivity index (χ1v) is 11.0. The molecule has 10 heteroatoms. The molecular formula is C25H21ClF3N3O3. The molecule has 0 aliphatic carbocycles. The van der Waals surface area contributed by atoms with Gasteiger partial charge in [-0.15, -0.1) is 0 Å². The smallest absolute Gasteiger partial charge is 0.471 e. The summed E-state index contributed by atoms with van der Waals surface area (Å²) in [4.78, 5) is 11.6. The lowest BCUT2D eigenvalue weighted by Gasteiger charge is -2.27. The zero-order chi connectivity index (χ0) is 25.2. The summed E-state index contributed by atoms with van der Waals surface area (Å²) in [6.07, 6.45) is -4.28. The first kappa shape index (κ1) is 24.4. The van der Waals surface area contributed by atoms with E-state index < -0.39 is 24.2 Å². The molecule has 0 spiro atoms. The van der Waals surface area contributed by atoms with Crippen molar-refractivity contribution < 1.29 is 27.4 Å². The molecule has 1 amide bonds. The van der Waals surface area contributed by atoms with Crippen molar-refractivity contribution in [3.05, 3.63) is 83.5 Å². The number of alkyl halides is 3. The molecule has 0 saturated carbocycles. The Morgan fingerprint density at radius 3 is 2.49 bits per heavy atom. The number of amides is 1. The second kappa shape index (κ2) is 9.87. The van der Waals surface area contributed by atoms with Gasteiger partial charge in [0.05, 0.1) is 30.6 Å². The maximum absolute atomic E-state index is 12.9. The minimum Gasteiger partial charge on any atom is -0.497 e. The lowest BCUT2D eigenvalue weighted by molar-refractivity contribution is -0.174. The molecule has 182 valence electrons. The van der Waals surface area contributed by atoms with Gasteiger partial charge >= 0.3 is 12.1 Å². The van der Waals surface area contributed by atoms with E-state index in [1.54, 1.807) is 65.5 Å². The van der Waals surface area contributed by atoms with Gasteiger partial charge in [0.1, 0.15) is 17.6 Å². The van der Waals surface area contributed by atoms with Crippen LogP contribution in [0.3, 0.4) is 0 Å². The van der Waals surface area contributed by atoms with E-state index in [-0.39, 0.29) is 0 Å². The van der Waals surface area contributed by atoms with E-state index in [1.165, 1.54) is 14.0 Å². The van der Waals surface area contributed by atoms with Crippen LogP contribution >= 0.6 is 11.6 Å². The predicted octanol–water partition coefficient (Wildman–Crippen LogP) is 5.87. The quantitative estimate of drug-likeness (QED) is 0.342. The normalized spacial score (nSPS) is 13.3. The van der Waals surface area contributed by atoms with Crippen molar-refractivity contribution in [3.63, 3.8) is 0 Å². The van der Waals surface area contributed by atoms with Crippen LogP contribution in [-0.4, -0.2) is 35.0 Å². The summed E-state index contributed by atoms with van der Waals surface area (Å²) >= 11 is 5.97. The number of aromatic nitrogens is 2. The zero-order valence-electron chi connectivity index (χ0n) is 18.7. The molecule has 0 unspecified atom stereocenters. The van der Waals surface area contributed by atoms with E-state index in [2.05, 4.69) is 5.10 Å². The van der Waals surface area contributed by atoms with E-state index in [0.29, 0.717) is 22.1 Å². The van der Waals surface area contributed by atoms with Crippen molar-refractivity contribution in [2.24, 2.45) is 0 Å². The summed E-state index contributed by atoms with van der Waals surface area (Å²) in [5.74, 6) is -1.14. The fourth-order valence-corrected chi connectivity index (χ4v) is 3.79. The third-order valence-corrected chi connectivity index (χ3v) is 5.62. The number of carbonyl (C=O) groups excluding carboxylic acids is 1. The van der Waals surface area contributed by atoms with Crippen molar-refractivity contribution >= 4 is 28.4 Å². The standard InChI is InChI=1S/C25H21ClF3N3O3/c1-15(31-24(33)25(27,28)29)23(16-4-3-5-20(12-16)34-2)35-21-10-11-22-17(13-21)14-30-32(22)19-8-6-18(26)7-9-19/h3-15,23H,1-2H3,(H,31,33)/t15-,23-/m0/s1. The number of methoxy groups -OCH3 is 1. The van der Waals surface area contributed by atoms with Crippen molar-refractivity contribution in [1.29, 1.82) is 0 Å². The molecule has 4 aromatic rings. The lowest BCUT2D eigenvalue weighted by Crippen LogP contribution is -2.45. The Morgan fingerprint density at radius 2 is 1.80 bits per heavy atom. The third kappa shape index (κ3) is 5.51. The van der Waals surface area contributed by atoms with Gasteiger partial charge in [0, 0.05) is 10.4 Å².